The fourth-order valence-electron chi connectivity index (χ4n) is 2.65. The van der Waals surface area contributed by atoms with Crippen LogP contribution in [0.1, 0.15) is 11.3 Å². The molecule has 9 heteroatoms. The Morgan fingerprint density at radius 1 is 1.11 bits per heavy atom. The first-order valence-electron chi connectivity index (χ1n) is 7.87. The van der Waals surface area contributed by atoms with Gasteiger partial charge in [-0.1, -0.05) is 24.3 Å². The lowest BCUT2D eigenvalue weighted by Crippen LogP contribution is -2.17. The fraction of sp³-hybridized carbons (Fsp3) is 0.167. The highest BCUT2D eigenvalue weighted by Crippen LogP contribution is 2.33. The SMILES string of the molecule is Cc1ccccc1-c1cc(C(F)(F)CF)nn1-c1ccc(S(N)(=O)=O)cc1. The predicted octanol–water partition coefficient (Wildman–Crippen LogP) is 3.56. The van der Waals surface area contributed by atoms with E-state index in [1.165, 1.54) is 28.9 Å². The summed E-state index contributed by atoms with van der Waals surface area (Å²) in [6.07, 6.45) is 0. The van der Waals surface area contributed by atoms with Crippen LogP contribution in [-0.2, 0) is 15.9 Å². The number of primary sulfonamides is 1. The summed E-state index contributed by atoms with van der Waals surface area (Å²) < 4.78 is 64.6. The van der Waals surface area contributed by atoms with Gasteiger partial charge in [-0.05, 0) is 42.8 Å². The second-order valence-corrected chi connectivity index (χ2v) is 7.58. The van der Waals surface area contributed by atoms with Crippen LogP contribution in [0.2, 0.25) is 0 Å². The maximum Gasteiger partial charge on any atom is 0.319 e. The van der Waals surface area contributed by atoms with Gasteiger partial charge in [0.25, 0.3) is 0 Å². The summed E-state index contributed by atoms with van der Waals surface area (Å²) in [4.78, 5) is -0.120. The Morgan fingerprint density at radius 3 is 2.30 bits per heavy atom. The molecule has 0 saturated heterocycles. The molecule has 27 heavy (non-hydrogen) atoms. The van der Waals surface area contributed by atoms with Crippen LogP contribution in [-0.4, -0.2) is 24.9 Å². The number of benzene rings is 2. The van der Waals surface area contributed by atoms with Crippen LogP contribution in [0.15, 0.2) is 59.5 Å². The molecule has 2 aromatic carbocycles. The van der Waals surface area contributed by atoms with E-state index in [2.05, 4.69) is 5.10 Å². The van der Waals surface area contributed by atoms with Gasteiger partial charge in [0, 0.05) is 5.56 Å². The van der Waals surface area contributed by atoms with Crippen molar-refractivity contribution in [2.75, 3.05) is 6.67 Å². The van der Waals surface area contributed by atoms with E-state index in [9.17, 15) is 21.6 Å². The molecular formula is C18H16F3N3O2S. The van der Waals surface area contributed by atoms with Crippen molar-refractivity contribution in [3.63, 3.8) is 0 Å². The van der Waals surface area contributed by atoms with Crippen molar-refractivity contribution in [1.82, 2.24) is 9.78 Å². The summed E-state index contributed by atoms with van der Waals surface area (Å²) in [5.41, 5.74) is 1.41. The second-order valence-electron chi connectivity index (χ2n) is 6.02. The van der Waals surface area contributed by atoms with Gasteiger partial charge in [-0.3, -0.25) is 0 Å². The number of aromatic nitrogens is 2. The number of alkyl halides is 3. The maximum atomic E-state index is 13.9. The quantitative estimate of drug-likeness (QED) is 0.718. The van der Waals surface area contributed by atoms with Gasteiger partial charge in [0.1, 0.15) is 5.69 Å². The Bertz CT molecular complexity index is 1080. The molecule has 0 radical (unpaired) electrons. The Balaban J connectivity index is 2.21. The standard InChI is InChI=1S/C18H16F3N3O2S/c1-12-4-2-3-5-15(12)16-10-17(18(20,21)11-19)23-24(16)13-6-8-14(9-7-13)27(22,25)26/h2-10H,11H2,1H3,(H2,22,25,26). The third-order valence-corrected chi connectivity index (χ3v) is 5.01. The first kappa shape index (κ1) is 19.1. The molecule has 0 spiro atoms. The molecule has 3 rings (SSSR count). The summed E-state index contributed by atoms with van der Waals surface area (Å²) in [5.74, 6) is -3.73. The summed E-state index contributed by atoms with van der Waals surface area (Å²) >= 11 is 0. The average Bonchev–Trinajstić information content (AvgIpc) is 3.07. The van der Waals surface area contributed by atoms with Gasteiger partial charge < -0.3 is 0 Å². The zero-order valence-electron chi connectivity index (χ0n) is 14.2. The number of rotatable bonds is 5. The topological polar surface area (TPSA) is 78.0 Å². The molecule has 142 valence electrons. The van der Waals surface area contributed by atoms with Crippen molar-refractivity contribution in [3.8, 4) is 16.9 Å². The summed E-state index contributed by atoms with van der Waals surface area (Å²) in [7, 11) is -3.89. The van der Waals surface area contributed by atoms with E-state index in [1.54, 1.807) is 18.2 Å². The molecular weight excluding hydrogens is 379 g/mol. The highest BCUT2D eigenvalue weighted by atomic mass is 32.2. The van der Waals surface area contributed by atoms with Crippen molar-refractivity contribution in [2.24, 2.45) is 5.14 Å². The lowest BCUT2D eigenvalue weighted by molar-refractivity contribution is -0.0324. The number of halogens is 3. The number of nitrogens with zero attached hydrogens (tertiary/aromatic N) is 2. The zero-order valence-corrected chi connectivity index (χ0v) is 15.1. The van der Waals surface area contributed by atoms with Crippen LogP contribution in [0, 0.1) is 6.92 Å². The van der Waals surface area contributed by atoms with E-state index in [1.807, 2.05) is 13.0 Å². The number of hydrogen-bond donors (Lipinski definition) is 1. The van der Waals surface area contributed by atoms with E-state index in [4.69, 9.17) is 5.14 Å². The van der Waals surface area contributed by atoms with Crippen LogP contribution in [0.25, 0.3) is 16.9 Å². The Hall–Kier alpha value is -2.65. The van der Waals surface area contributed by atoms with Gasteiger partial charge in [-0.15, -0.1) is 0 Å². The van der Waals surface area contributed by atoms with Gasteiger partial charge in [0.15, 0.2) is 6.67 Å². The van der Waals surface area contributed by atoms with Gasteiger partial charge >= 0.3 is 5.92 Å². The average molecular weight is 395 g/mol. The molecule has 5 nitrogen and oxygen atoms in total. The Morgan fingerprint density at radius 2 is 1.74 bits per heavy atom. The highest BCUT2D eigenvalue weighted by molar-refractivity contribution is 7.89. The van der Waals surface area contributed by atoms with Gasteiger partial charge in [0.05, 0.1) is 16.3 Å². The van der Waals surface area contributed by atoms with Crippen molar-refractivity contribution < 1.29 is 21.6 Å². The summed E-state index contributed by atoms with van der Waals surface area (Å²) in [6, 6.07) is 13.5. The smallest absolute Gasteiger partial charge is 0.244 e. The Kier molecular flexibility index (Phi) is 4.83. The van der Waals surface area contributed by atoms with Crippen molar-refractivity contribution in [2.45, 2.75) is 17.7 Å². The van der Waals surface area contributed by atoms with Crippen LogP contribution in [0.5, 0.6) is 0 Å². The maximum absolute atomic E-state index is 13.9. The molecule has 0 saturated carbocycles. The Labute approximate surface area is 154 Å². The molecule has 0 aliphatic heterocycles. The van der Waals surface area contributed by atoms with Crippen molar-refractivity contribution in [1.29, 1.82) is 0 Å². The molecule has 0 bridgehead atoms. The minimum absolute atomic E-state index is 0.120. The zero-order chi connectivity index (χ0) is 19.8. The van der Waals surface area contributed by atoms with E-state index in [-0.39, 0.29) is 4.90 Å². The van der Waals surface area contributed by atoms with E-state index in [0.717, 1.165) is 11.6 Å². The first-order valence-corrected chi connectivity index (χ1v) is 9.42. The number of aryl methyl sites for hydroxylation is 1. The number of sulfonamides is 1. The van der Waals surface area contributed by atoms with E-state index < -0.39 is 28.3 Å². The largest absolute Gasteiger partial charge is 0.319 e. The van der Waals surface area contributed by atoms with Crippen LogP contribution in [0.3, 0.4) is 0 Å². The molecule has 0 amide bonds. The van der Waals surface area contributed by atoms with Gasteiger partial charge in [0.2, 0.25) is 10.0 Å². The van der Waals surface area contributed by atoms with Crippen LogP contribution >= 0.6 is 0 Å². The van der Waals surface area contributed by atoms with Crippen LogP contribution in [0.4, 0.5) is 13.2 Å². The lowest BCUT2D eigenvalue weighted by atomic mass is 10.0. The summed E-state index contributed by atoms with van der Waals surface area (Å²) in [6.45, 7) is -0.0642. The highest BCUT2D eigenvalue weighted by Gasteiger charge is 2.36. The number of nitrogens with two attached hydrogens (primary N) is 1. The molecule has 1 aromatic heterocycles. The minimum Gasteiger partial charge on any atom is -0.244 e. The van der Waals surface area contributed by atoms with Crippen molar-refractivity contribution in [3.05, 3.63) is 65.9 Å². The molecule has 0 aliphatic rings. The fourth-order valence-corrected chi connectivity index (χ4v) is 3.17. The molecule has 3 aromatic rings. The summed E-state index contributed by atoms with van der Waals surface area (Å²) in [5, 5.41) is 8.95. The molecule has 1 heterocycles. The minimum atomic E-state index is -3.89. The molecule has 0 aliphatic carbocycles. The lowest BCUT2D eigenvalue weighted by Gasteiger charge is -2.10. The number of hydrogen-bond acceptors (Lipinski definition) is 3. The third kappa shape index (κ3) is 3.74. The predicted molar refractivity (Wildman–Crippen MR) is 95.0 cm³/mol. The van der Waals surface area contributed by atoms with Crippen LogP contribution < -0.4 is 5.14 Å². The van der Waals surface area contributed by atoms with Gasteiger partial charge in [-0.25, -0.2) is 22.6 Å². The second kappa shape index (κ2) is 6.82. The molecule has 2 N–H and O–H groups in total. The molecule has 0 fully saturated rings. The van der Waals surface area contributed by atoms with Crippen molar-refractivity contribution >= 4 is 10.0 Å². The van der Waals surface area contributed by atoms with E-state index in [0.29, 0.717) is 16.9 Å². The first-order chi connectivity index (χ1) is 12.6. The molecule has 0 atom stereocenters. The molecule has 0 unspecified atom stereocenters. The normalized spacial score (nSPS) is 12.3. The monoisotopic (exact) mass is 395 g/mol. The van der Waals surface area contributed by atoms with Gasteiger partial charge in [-0.2, -0.15) is 13.9 Å². The third-order valence-electron chi connectivity index (χ3n) is 4.08. The van der Waals surface area contributed by atoms with E-state index >= 15 is 0 Å².